The summed E-state index contributed by atoms with van der Waals surface area (Å²) in [5, 5.41) is 9.32. The first-order valence-corrected chi connectivity index (χ1v) is 5.45. The number of benzene rings is 1. The normalized spacial score (nSPS) is 11.8. The predicted octanol–water partition coefficient (Wildman–Crippen LogP) is 2.75. The molecule has 0 fully saturated rings. The first-order valence-electron chi connectivity index (χ1n) is 5.45. The van der Waals surface area contributed by atoms with Crippen LogP contribution in [0.1, 0.15) is 28.3 Å². The van der Waals surface area contributed by atoms with Crippen LogP contribution in [0.4, 0.5) is 0 Å². The Morgan fingerprint density at radius 3 is 2.65 bits per heavy atom. The van der Waals surface area contributed by atoms with Gasteiger partial charge in [-0.15, -0.1) is 0 Å². The van der Waals surface area contributed by atoms with Crippen LogP contribution < -0.4 is 0 Å². The van der Waals surface area contributed by atoms with E-state index in [2.05, 4.69) is 22.1 Å². The Hall–Kier alpha value is -2.21. The van der Waals surface area contributed by atoms with E-state index in [0.29, 0.717) is 0 Å². The van der Waals surface area contributed by atoms with Gasteiger partial charge in [-0.25, -0.2) is 9.97 Å². The van der Waals surface area contributed by atoms with Crippen LogP contribution in [0.15, 0.2) is 36.8 Å². The molecule has 1 aromatic heterocycles. The van der Waals surface area contributed by atoms with E-state index < -0.39 is 0 Å². The number of aromatic nitrogens is 2. The fourth-order valence-electron chi connectivity index (χ4n) is 1.92. The van der Waals surface area contributed by atoms with E-state index in [1.807, 2.05) is 26.0 Å². The first-order chi connectivity index (χ1) is 8.22. The van der Waals surface area contributed by atoms with E-state index in [1.54, 1.807) is 12.3 Å². The van der Waals surface area contributed by atoms with Crippen molar-refractivity contribution in [3.63, 3.8) is 0 Å². The van der Waals surface area contributed by atoms with Gasteiger partial charge in [0.05, 0.1) is 11.8 Å². The Labute approximate surface area is 101 Å². The molecule has 0 N–H and O–H groups in total. The zero-order valence-electron chi connectivity index (χ0n) is 9.88. The van der Waals surface area contributed by atoms with Gasteiger partial charge in [-0.2, -0.15) is 5.26 Å². The second kappa shape index (κ2) is 4.75. The van der Waals surface area contributed by atoms with Crippen LogP contribution >= 0.6 is 0 Å². The summed E-state index contributed by atoms with van der Waals surface area (Å²) in [4.78, 5) is 8.03. The van der Waals surface area contributed by atoms with Gasteiger partial charge >= 0.3 is 0 Å². The third kappa shape index (κ3) is 2.31. The molecule has 0 saturated heterocycles. The van der Waals surface area contributed by atoms with Gasteiger partial charge in [0.2, 0.25) is 0 Å². The van der Waals surface area contributed by atoms with Crippen molar-refractivity contribution in [2.24, 2.45) is 0 Å². The van der Waals surface area contributed by atoms with Crippen molar-refractivity contribution in [1.29, 1.82) is 5.26 Å². The summed E-state index contributed by atoms with van der Waals surface area (Å²) in [6.45, 7) is 4.07. The SMILES string of the molecule is Cc1ccc(C(C#N)c2ccncn2)c(C)c1. The van der Waals surface area contributed by atoms with Crippen LogP contribution in [0.5, 0.6) is 0 Å². The van der Waals surface area contributed by atoms with E-state index >= 15 is 0 Å². The summed E-state index contributed by atoms with van der Waals surface area (Å²) in [7, 11) is 0. The summed E-state index contributed by atoms with van der Waals surface area (Å²) >= 11 is 0. The number of nitriles is 1. The van der Waals surface area contributed by atoms with E-state index in [0.717, 1.165) is 16.8 Å². The third-order valence-corrected chi connectivity index (χ3v) is 2.77. The average molecular weight is 223 g/mol. The Bertz CT molecular complexity index is 555. The third-order valence-electron chi connectivity index (χ3n) is 2.77. The second-order valence-corrected chi connectivity index (χ2v) is 4.06. The Kier molecular flexibility index (Phi) is 3.15. The molecule has 84 valence electrons. The molecule has 17 heavy (non-hydrogen) atoms. The van der Waals surface area contributed by atoms with Crippen LogP contribution in [0.25, 0.3) is 0 Å². The number of rotatable bonds is 2. The van der Waals surface area contributed by atoms with E-state index in [1.165, 1.54) is 11.9 Å². The van der Waals surface area contributed by atoms with Gasteiger partial charge in [-0.05, 0) is 31.0 Å². The molecule has 0 aliphatic rings. The van der Waals surface area contributed by atoms with Crippen molar-refractivity contribution in [3.05, 3.63) is 59.2 Å². The van der Waals surface area contributed by atoms with Crippen molar-refractivity contribution >= 4 is 0 Å². The fourth-order valence-corrected chi connectivity index (χ4v) is 1.92. The van der Waals surface area contributed by atoms with Crippen molar-refractivity contribution in [3.8, 4) is 6.07 Å². The first kappa shape index (κ1) is 11.3. The summed E-state index contributed by atoms with van der Waals surface area (Å²) < 4.78 is 0. The molecular weight excluding hydrogens is 210 g/mol. The van der Waals surface area contributed by atoms with E-state index in [4.69, 9.17) is 0 Å². The molecule has 1 unspecified atom stereocenters. The quantitative estimate of drug-likeness (QED) is 0.786. The molecule has 0 aliphatic carbocycles. The molecule has 0 aliphatic heterocycles. The zero-order valence-corrected chi connectivity index (χ0v) is 9.88. The van der Waals surface area contributed by atoms with Gasteiger partial charge in [0, 0.05) is 6.20 Å². The summed E-state index contributed by atoms with van der Waals surface area (Å²) in [6, 6.07) is 10.2. The van der Waals surface area contributed by atoms with Gasteiger partial charge < -0.3 is 0 Å². The largest absolute Gasteiger partial charge is 0.245 e. The molecule has 3 nitrogen and oxygen atoms in total. The molecule has 2 aromatic rings. The minimum absolute atomic E-state index is 0.321. The molecule has 0 radical (unpaired) electrons. The molecule has 0 amide bonds. The smallest absolute Gasteiger partial charge is 0.115 e. The molecule has 1 heterocycles. The Morgan fingerprint density at radius 2 is 2.06 bits per heavy atom. The average Bonchev–Trinajstić information content (AvgIpc) is 2.34. The molecule has 2 rings (SSSR count). The Morgan fingerprint density at radius 1 is 1.24 bits per heavy atom. The van der Waals surface area contributed by atoms with Crippen molar-refractivity contribution in [1.82, 2.24) is 9.97 Å². The van der Waals surface area contributed by atoms with E-state index in [9.17, 15) is 5.26 Å². The maximum absolute atomic E-state index is 9.32. The number of hydrogen-bond acceptors (Lipinski definition) is 3. The van der Waals surface area contributed by atoms with Crippen molar-refractivity contribution < 1.29 is 0 Å². The molecule has 1 atom stereocenters. The lowest BCUT2D eigenvalue weighted by molar-refractivity contribution is 0.933. The monoisotopic (exact) mass is 223 g/mol. The van der Waals surface area contributed by atoms with Gasteiger partial charge in [-0.1, -0.05) is 23.8 Å². The number of nitrogens with zero attached hydrogens (tertiary/aromatic N) is 3. The van der Waals surface area contributed by atoms with E-state index in [-0.39, 0.29) is 5.92 Å². The number of hydrogen-bond donors (Lipinski definition) is 0. The lowest BCUT2D eigenvalue weighted by atomic mass is 9.92. The Balaban J connectivity index is 2.47. The van der Waals surface area contributed by atoms with Gasteiger partial charge in [0.15, 0.2) is 0 Å². The van der Waals surface area contributed by atoms with Crippen molar-refractivity contribution in [2.75, 3.05) is 0 Å². The molecule has 0 spiro atoms. The fraction of sp³-hybridized carbons (Fsp3) is 0.214. The van der Waals surface area contributed by atoms with Gasteiger partial charge in [-0.3, -0.25) is 0 Å². The van der Waals surface area contributed by atoms with Crippen LogP contribution in [-0.2, 0) is 0 Å². The maximum atomic E-state index is 9.32. The maximum Gasteiger partial charge on any atom is 0.115 e. The summed E-state index contributed by atoms with van der Waals surface area (Å²) in [5.74, 6) is -0.321. The summed E-state index contributed by atoms with van der Waals surface area (Å²) in [6.07, 6.45) is 3.14. The van der Waals surface area contributed by atoms with Crippen LogP contribution in [-0.4, -0.2) is 9.97 Å². The highest BCUT2D eigenvalue weighted by molar-refractivity contribution is 5.40. The lowest BCUT2D eigenvalue weighted by Gasteiger charge is -2.12. The standard InChI is InChI=1S/C14H13N3/c1-10-3-4-12(11(2)7-10)13(8-15)14-5-6-16-9-17-14/h3-7,9,13H,1-2H3. The topological polar surface area (TPSA) is 49.6 Å². The van der Waals surface area contributed by atoms with Crippen LogP contribution in [0.3, 0.4) is 0 Å². The molecule has 0 saturated carbocycles. The van der Waals surface area contributed by atoms with Gasteiger partial charge in [0.25, 0.3) is 0 Å². The predicted molar refractivity (Wildman–Crippen MR) is 65.4 cm³/mol. The molecule has 0 bridgehead atoms. The van der Waals surface area contributed by atoms with Crippen molar-refractivity contribution in [2.45, 2.75) is 19.8 Å². The molecule has 3 heteroatoms. The van der Waals surface area contributed by atoms with Crippen LogP contribution in [0, 0.1) is 25.2 Å². The minimum Gasteiger partial charge on any atom is -0.245 e. The minimum atomic E-state index is -0.321. The highest BCUT2D eigenvalue weighted by atomic mass is 14.8. The lowest BCUT2D eigenvalue weighted by Crippen LogP contribution is -2.03. The zero-order chi connectivity index (χ0) is 12.3. The number of aryl methyl sites for hydroxylation is 2. The highest BCUT2D eigenvalue weighted by Crippen LogP contribution is 2.25. The molecular formula is C14H13N3. The molecule has 1 aromatic carbocycles. The second-order valence-electron chi connectivity index (χ2n) is 4.06. The summed E-state index contributed by atoms with van der Waals surface area (Å²) in [5.41, 5.74) is 4.08. The van der Waals surface area contributed by atoms with Crippen LogP contribution in [0.2, 0.25) is 0 Å². The van der Waals surface area contributed by atoms with Gasteiger partial charge in [0.1, 0.15) is 12.2 Å². The highest BCUT2D eigenvalue weighted by Gasteiger charge is 2.16.